The minimum atomic E-state index is -2.29. The number of fused-ring (bicyclic) bond motifs is 1. The predicted octanol–water partition coefficient (Wildman–Crippen LogP) is 3.88. The SMILES string of the molecule is CCO[PH](C)(OC)c1ccc2cc(C(C)C)cnc2c1. The number of rotatable bonds is 5. The Hall–Kier alpha value is -1.02. The van der Waals surface area contributed by atoms with E-state index < -0.39 is 7.72 Å². The Balaban J connectivity index is 2.46. The van der Waals surface area contributed by atoms with Crippen LogP contribution in [0.15, 0.2) is 30.5 Å². The maximum atomic E-state index is 5.86. The summed E-state index contributed by atoms with van der Waals surface area (Å²) in [5.41, 5.74) is 2.27. The summed E-state index contributed by atoms with van der Waals surface area (Å²) in [5, 5.41) is 2.29. The van der Waals surface area contributed by atoms with Crippen LogP contribution < -0.4 is 5.30 Å². The van der Waals surface area contributed by atoms with Crippen LogP contribution in [-0.4, -0.2) is 25.4 Å². The van der Waals surface area contributed by atoms with Gasteiger partial charge in [-0.3, -0.25) is 0 Å². The summed E-state index contributed by atoms with van der Waals surface area (Å²) < 4.78 is 11.5. The van der Waals surface area contributed by atoms with Gasteiger partial charge >= 0.3 is 121 Å². The molecule has 20 heavy (non-hydrogen) atoms. The zero-order chi connectivity index (χ0) is 14.8. The Morgan fingerprint density at radius 3 is 2.60 bits per heavy atom. The summed E-state index contributed by atoms with van der Waals surface area (Å²) in [5.74, 6) is 0.494. The molecule has 2 rings (SSSR count). The summed E-state index contributed by atoms with van der Waals surface area (Å²) in [6, 6.07) is 8.54. The van der Waals surface area contributed by atoms with Crippen molar-refractivity contribution < 1.29 is 9.05 Å². The first-order chi connectivity index (χ1) is 9.50. The Kier molecular flexibility index (Phi) is 4.74. The molecule has 0 amide bonds. The monoisotopic (exact) mass is 293 g/mol. The van der Waals surface area contributed by atoms with Crippen LogP contribution in [0.1, 0.15) is 32.3 Å². The molecule has 0 saturated heterocycles. The van der Waals surface area contributed by atoms with Gasteiger partial charge in [0.05, 0.1) is 0 Å². The molecule has 0 aliphatic rings. The van der Waals surface area contributed by atoms with Crippen LogP contribution in [0.4, 0.5) is 0 Å². The molecule has 0 radical (unpaired) electrons. The summed E-state index contributed by atoms with van der Waals surface area (Å²) >= 11 is 0. The molecule has 0 saturated carbocycles. The fourth-order valence-electron chi connectivity index (χ4n) is 2.27. The second-order valence-corrected chi connectivity index (χ2v) is 8.58. The normalized spacial score (nSPS) is 13.1. The first-order valence-electron chi connectivity index (χ1n) is 7.09. The quantitative estimate of drug-likeness (QED) is 0.784. The molecule has 3 nitrogen and oxygen atoms in total. The Morgan fingerprint density at radius 2 is 2.00 bits per heavy atom. The first-order valence-corrected chi connectivity index (χ1v) is 9.41. The predicted molar refractivity (Wildman–Crippen MR) is 88.3 cm³/mol. The molecule has 1 aromatic heterocycles. The molecule has 2 aromatic rings. The van der Waals surface area contributed by atoms with Gasteiger partial charge in [-0.15, -0.1) is 0 Å². The number of hydrogen-bond acceptors (Lipinski definition) is 3. The van der Waals surface area contributed by atoms with Crippen molar-refractivity contribution in [3.05, 3.63) is 36.0 Å². The molecule has 1 heterocycles. The van der Waals surface area contributed by atoms with Crippen molar-refractivity contribution in [2.24, 2.45) is 0 Å². The molecule has 0 aliphatic carbocycles. The molecule has 0 unspecified atom stereocenters. The van der Waals surface area contributed by atoms with E-state index >= 15 is 0 Å². The minimum absolute atomic E-state index is 0.494. The van der Waals surface area contributed by atoms with Gasteiger partial charge in [0.15, 0.2) is 0 Å². The molecule has 0 aliphatic heterocycles. The second-order valence-electron chi connectivity index (χ2n) is 5.41. The van der Waals surface area contributed by atoms with Crippen LogP contribution in [0.5, 0.6) is 0 Å². The van der Waals surface area contributed by atoms with Crippen LogP contribution in [0.25, 0.3) is 10.9 Å². The fourth-order valence-corrected chi connectivity index (χ4v) is 4.13. The van der Waals surface area contributed by atoms with Gasteiger partial charge in [-0.25, -0.2) is 0 Å². The molecule has 1 aromatic carbocycles. The van der Waals surface area contributed by atoms with Gasteiger partial charge in [-0.05, 0) is 0 Å². The third-order valence-electron chi connectivity index (χ3n) is 3.71. The number of pyridine rings is 1. The number of benzene rings is 1. The van der Waals surface area contributed by atoms with Crippen LogP contribution >= 0.6 is 7.72 Å². The van der Waals surface area contributed by atoms with Crippen molar-refractivity contribution in [3.63, 3.8) is 0 Å². The van der Waals surface area contributed by atoms with E-state index in [0.717, 1.165) is 10.8 Å². The van der Waals surface area contributed by atoms with Crippen molar-refractivity contribution in [3.8, 4) is 0 Å². The van der Waals surface area contributed by atoms with E-state index in [2.05, 4.69) is 49.8 Å². The fraction of sp³-hybridized carbons (Fsp3) is 0.438. The molecule has 0 atom stereocenters. The first kappa shape index (κ1) is 15.4. The van der Waals surface area contributed by atoms with Crippen LogP contribution in [0.3, 0.4) is 0 Å². The Morgan fingerprint density at radius 1 is 1.25 bits per heavy atom. The molecule has 0 bridgehead atoms. The third kappa shape index (κ3) is 3.01. The molecule has 0 spiro atoms. The Labute approximate surface area is 121 Å². The standard InChI is InChI=1S/C16H24NO2P/c1-6-19-20(5,18-4)15-8-7-13-9-14(12(2)3)11-17-16(13)10-15/h7-12,20H,6H2,1-5H3. The third-order valence-corrected chi connectivity index (χ3v) is 6.68. The van der Waals surface area contributed by atoms with Crippen molar-refractivity contribution in [1.29, 1.82) is 0 Å². The van der Waals surface area contributed by atoms with Crippen molar-refractivity contribution in [1.82, 2.24) is 4.98 Å². The van der Waals surface area contributed by atoms with E-state index in [1.807, 2.05) is 13.1 Å². The van der Waals surface area contributed by atoms with Gasteiger partial charge < -0.3 is 0 Å². The molecular formula is C16H24NO2P. The zero-order valence-electron chi connectivity index (χ0n) is 12.9. The average molecular weight is 293 g/mol. The molecule has 110 valence electrons. The maximum absolute atomic E-state index is 5.86. The topological polar surface area (TPSA) is 31.4 Å². The van der Waals surface area contributed by atoms with E-state index in [1.165, 1.54) is 10.9 Å². The number of hydrogen-bond donors (Lipinski definition) is 0. The molecular weight excluding hydrogens is 269 g/mol. The van der Waals surface area contributed by atoms with Gasteiger partial charge in [-0.2, -0.15) is 0 Å². The van der Waals surface area contributed by atoms with Gasteiger partial charge in [0, 0.05) is 0 Å². The van der Waals surface area contributed by atoms with Crippen LogP contribution in [0, 0.1) is 0 Å². The van der Waals surface area contributed by atoms with Gasteiger partial charge in [0.2, 0.25) is 0 Å². The summed E-state index contributed by atoms with van der Waals surface area (Å²) in [7, 11) is -0.569. The number of aromatic nitrogens is 1. The van der Waals surface area contributed by atoms with Crippen LogP contribution in [-0.2, 0) is 9.05 Å². The molecule has 4 heteroatoms. The second kappa shape index (κ2) is 6.17. The van der Waals surface area contributed by atoms with Gasteiger partial charge in [-0.1, -0.05) is 0 Å². The summed E-state index contributed by atoms with van der Waals surface area (Å²) in [6.45, 7) is 9.09. The van der Waals surface area contributed by atoms with Crippen molar-refractivity contribution in [2.45, 2.75) is 26.7 Å². The van der Waals surface area contributed by atoms with E-state index in [9.17, 15) is 0 Å². The van der Waals surface area contributed by atoms with Gasteiger partial charge in [0.1, 0.15) is 0 Å². The van der Waals surface area contributed by atoms with E-state index in [4.69, 9.17) is 9.05 Å². The van der Waals surface area contributed by atoms with E-state index in [0.29, 0.717) is 12.5 Å². The van der Waals surface area contributed by atoms with E-state index in [1.54, 1.807) is 7.11 Å². The van der Waals surface area contributed by atoms with Gasteiger partial charge in [0.25, 0.3) is 0 Å². The van der Waals surface area contributed by atoms with E-state index in [-0.39, 0.29) is 0 Å². The molecule has 0 N–H and O–H groups in total. The Bertz CT molecular complexity index is 600. The van der Waals surface area contributed by atoms with Crippen molar-refractivity contribution >= 4 is 23.9 Å². The van der Waals surface area contributed by atoms with Crippen LogP contribution in [0.2, 0.25) is 0 Å². The van der Waals surface area contributed by atoms with Crippen molar-refractivity contribution in [2.75, 3.05) is 20.4 Å². The molecule has 0 fully saturated rings. The average Bonchev–Trinajstić information content (AvgIpc) is 2.46. The number of nitrogens with zero attached hydrogens (tertiary/aromatic N) is 1. The summed E-state index contributed by atoms with van der Waals surface area (Å²) in [4.78, 5) is 4.58. The summed E-state index contributed by atoms with van der Waals surface area (Å²) in [6.07, 6.45) is 1.96. The zero-order valence-corrected chi connectivity index (χ0v) is 13.9.